The van der Waals surface area contributed by atoms with Crippen LogP contribution in [0.1, 0.15) is 33.9 Å². The minimum absolute atomic E-state index is 0.0299. The Kier molecular flexibility index (Phi) is 4.34. The summed E-state index contributed by atoms with van der Waals surface area (Å²) < 4.78 is 35.2. The number of aryl methyl sites for hydroxylation is 2. The van der Waals surface area contributed by atoms with Crippen LogP contribution in [0.15, 0.2) is 45.4 Å². The van der Waals surface area contributed by atoms with Gasteiger partial charge in [-0.3, -0.25) is 4.79 Å². The molecular weight excluding hydrogens is 366 g/mol. The molecule has 1 saturated heterocycles. The molecular formula is C20H21NO5S. The number of carbonyl (C=O) groups excluding carboxylic acids is 1. The minimum atomic E-state index is -3.13. The van der Waals surface area contributed by atoms with Crippen LogP contribution in [0.3, 0.4) is 0 Å². The molecule has 1 aliphatic rings. The van der Waals surface area contributed by atoms with E-state index in [1.54, 1.807) is 23.3 Å². The average Bonchev–Trinajstić information content (AvgIpc) is 3.32. The molecule has 7 heteroatoms. The summed E-state index contributed by atoms with van der Waals surface area (Å²) in [6.07, 6.45) is 1.96. The summed E-state index contributed by atoms with van der Waals surface area (Å²) in [6, 6.07) is 8.95. The lowest BCUT2D eigenvalue weighted by atomic mass is 10.1. The van der Waals surface area contributed by atoms with Crippen LogP contribution in [0, 0.1) is 13.8 Å². The molecule has 1 aliphatic heterocycles. The Labute approximate surface area is 157 Å². The van der Waals surface area contributed by atoms with E-state index in [-0.39, 0.29) is 35.8 Å². The third-order valence-corrected chi connectivity index (χ3v) is 6.85. The Bertz CT molecular complexity index is 1100. The van der Waals surface area contributed by atoms with Gasteiger partial charge in [-0.25, -0.2) is 8.42 Å². The zero-order valence-corrected chi connectivity index (χ0v) is 16.1. The van der Waals surface area contributed by atoms with E-state index in [0.717, 1.165) is 16.5 Å². The molecule has 4 rings (SSSR count). The first kappa shape index (κ1) is 17.9. The zero-order valence-electron chi connectivity index (χ0n) is 15.3. The monoisotopic (exact) mass is 387 g/mol. The molecule has 3 heterocycles. The highest BCUT2D eigenvalue weighted by Crippen LogP contribution is 2.29. The maximum atomic E-state index is 13.3. The molecule has 1 atom stereocenters. The quantitative estimate of drug-likeness (QED) is 0.685. The van der Waals surface area contributed by atoms with E-state index in [1.807, 2.05) is 32.0 Å². The number of furan rings is 2. The first-order valence-corrected chi connectivity index (χ1v) is 10.7. The molecule has 0 spiro atoms. The van der Waals surface area contributed by atoms with Crippen LogP contribution in [0.5, 0.6) is 0 Å². The summed E-state index contributed by atoms with van der Waals surface area (Å²) >= 11 is 0. The van der Waals surface area contributed by atoms with Crippen molar-refractivity contribution in [1.82, 2.24) is 4.90 Å². The predicted molar refractivity (Wildman–Crippen MR) is 101 cm³/mol. The molecule has 1 fully saturated rings. The van der Waals surface area contributed by atoms with Crippen LogP contribution in [0.2, 0.25) is 0 Å². The fourth-order valence-electron chi connectivity index (χ4n) is 3.63. The van der Waals surface area contributed by atoms with Crippen LogP contribution in [-0.4, -0.2) is 36.8 Å². The van der Waals surface area contributed by atoms with Crippen molar-refractivity contribution in [3.63, 3.8) is 0 Å². The van der Waals surface area contributed by atoms with Gasteiger partial charge in [0, 0.05) is 17.0 Å². The number of rotatable bonds is 4. The number of hydrogen-bond donors (Lipinski definition) is 0. The number of hydrogen-bond acceptors (Lipinski definition) is 5. The summed E-state index contributed by atoms with van der Waals surface area (Å²) in [5.41, 5.74) is 2.47. The van der Waals surface area contributed by atoms with Crippen molar-refractivity contribution in [2.45, 2.75) is 32.9 Å². The average molecular weight is 387 g/mol. The summed E-state index contributed by atoms with van der Waals surface area (Å²) in [4.78, 5) is 14.9. The van der Waals surface area contributed by atoms with E-state index < -0.39 is 9.84 Å². The second-order valence-corrected chi connectivity index (χ2v) is 9.35. The van der Waals surface area contributed by atoms with Crippen molar-refractivity contribution >= 4 is 26.7 Å². The largest absolute Gasteiger partial charge is 0.467 e. The molecule has 0 saturated carbocycles. The Morgan fingerprint density at radius 1 is 1.26 bits per heavy atom. The second-order valence-electron chi connectivity index (χ2n) is 7.13. The summed E-state index contributed by atoms with van der Waals surface area (Å²) in [6.45, 7) is 4.03. The molecule has 3 aromatic rings. The molecule has 0 aliphatic carbocycles. The van der Waals surface area contributed by atoms with Gasteiger partial charge in [0.15, 0.2) is 15.6 Å². The van der Waals surface area contributed by atoms with Gasteiger partial charge in [-0.15, -0.1) is 0 Å². The van der Waals surface area contributed by atoms with Crippen LogP contribution in [0.25, 0.3) is 11.0 Å². The highest BCUT2D eigenvalue weighted by Gasteiger charge is 2.37. The van der Waals surface area contributed by atoms with Gasteiger partial charge in [-0.2, -0.15) is 0 Å². The number of nitrogens with zero attached hydrogens (tertiary/aromatic N) is 1. The Morgan fingerprint density at radius 2 is 2.07 bits per heavy atom. The lowest BCUT2D eigenvalue weighted by molar-refractivity contribution is 0.0634. The third-order valence-electron chi connectivity index (χ3n) is 5.10. The maximum absolute atomic E-state index is 13.3. The highest BCUT2D eigenvalue weighted by molar-refractivity contribution is 7.91. The summed E-state index contributed by atoms with van der Waals surface area (Å²) in [5, 5.41) is 0.890. The molecule has 2 aromatic heterocycles. The first-order chi connectivity index (χ1) is 12.8. The van der Waals surface area contributed by atoms with Crippen molar-refractivity contribution in [2.24, 2.45) is 0 Å². The molecule has 27 heavy (non-hydrogen) atoms. The van der Waals surface area contributed by atoms with Crippen LogP contribution >= 0.6 is 0 Å². The van der Waals surface area contributed by atoms with Gasteiger partial charge in [0.05, 0.1) is 24.3 Å². The van der Waals surface area contributed by atoms with Crippen molar-refractivity contribution in [1.29, 1.82) is 0 Å². The molecule has 0 radical (unpaired) electrons. The normalized spacial score (nSPS) is 18.8. The van der Waals surface area contributed by atoms with Crippen molar-refractivity contribution in [3.05, 3.63) is 59.2 Å². The van der Waals surface area contributed by atoms with Crippen LogP contribution in [0.4, 0.5) is 0 Å². The second kappa shape index (κ2) is 6.56. The van der Waals surface area contributed by atoms with Gasteiger partial charge >= 0.3 is 0 Å². The number of fused-ring (bicyclic) bond motifs is 1. The van der Waals surface area contributed by atoms with Gasteiger partial charge < -0.3 is 13.7 Å². The van der Waals surface area contributed by atoms with Gasteiger partial charge in [0.2, 0.25) is 0 Å². The molecule has 6 nitrogen and oxygen atoms in total. The number of benzene rings is 1. The predicted octanol–water partition coefficient (Wildman–Crippen LogP) is 3.47. The molecule has 0 N–H and O–H groups in total. The fraction of sp³-hybridized carbons (Fsp3) is 0.350. The lowest BCUT2D eigenvalue weighted by Gasteiger charge is -2.26. The number of amides is 1. The van der Waals surface area contributed by atoms with E-state index in [0.29, 0.717) is 17.8 Å². The highest BCUT2D eigenvalue weighted by atomic mass is 32.2. The Balaban J connectivity index is 1.73. The van der Waals surface area contributed by atoms with Gasteiger partial charge in [0.25, 0.3) is 5.91 Å². The van der Waals surface area contributed by atoms with E-state index in [1.165, 1.54) is 0 Å². The summed E-state index contributed by atoms with van der Waals surface area (Å²) in [5.74, 6) is 0.624. The topological polar surface area (TPSA) is 80.7 Å². The molecule has 0 bridgehead atoms. The van der Waals surface area contributed by atoms with Gasteiger partial charge in [-0.1, -0.05) is 12.1 Å². The van der Waals surface area contributed by atoms with Gasteiger partial charge in [0.1, 0.15) is 11.3 Å². The SMILES string of the molecule is Cc1ccc2c(C)c(C(=O)N(Cc3ccco3)[C@@H]3CCS(=O)(=O)C3)oc2c1. The Morgan fingerprint density at radius 3 is 2.74 bits per heavy atom. The smallest absolute Gasteiger partial charge is 0.290 e. The van der Waals surface area contributed by atoms with E-state index in [2.05, 4.69) is 0 Å². The number of carbonyl (C=O) groups is 1. The van der Waals surface area contributed by atoms with E-state index in [9.17, 15) is 13.2 Å². The minimum Gasteiger partial charge on any atom is -0.467 e. The molecule has 1 aromatic carbocycles. The van der Waals surface area contributed by atoms with Crippen LogP contribution in [-0.2, 0) is 16.4 Å². The third kappa shape index (κ3) is 3.39. The van der Waals surface area contributed by atoms with Crippen molar-refractivity contribution in [3.8, 4) is 0 Å². The van der Waals surface area contributed by atoms with E-state index >= 15 is 0 Å². The van der Waals surface area contributed by atoms with Crippen LogP contribution < -0.4 is 0 Å². The van der Waals surface area contributed by atoms with E-state index in [4.69, 9.17) is 8.83 Å². The number of sulfone groups is 1. The standard InChI is InChI=1S/C20H21NO5S/c1-13-5-6-17-14(2)19(26-18(17)10-13)20(22)21(11-16-4-3-8-25-16)15-7-9-27(23,24)12-15/h3-6,8,10,15H,7,9,11-12H2,1-2H3/t15-/m1/s1. The fourth-order valence-corrected chi connectivity index (χ4v) is 5.36. The van der Waals surface area contributed by atoms with Gasteiger partial charge in [-0.05, 0) is 44.0 Å². The Hall–Kier alpha value is -2.54. The zero-order chi connectivity index (χ0) is 19.2. The first-order valence-electron chi connectivity index (χ1n) is 8.87. The molecule has 142 valence electrons. The van der Waals surface area contributed by atoms with Crippen molar-refractivity contribution in [2.75, 3.05) is 11.5 Å². The summed E-state index contributed by atoms with van der Waals surface area (Å²) in [7, 11) is -3.13. The maximum Gasteiger partial charge on any atom is 0.290 e. The molecule has 1 amide bonds. The lowest BCUT2D eigenvalue weighted by Crippen LogP contribution is -2.40. The van der Waals surface area contributed by atoms with Crippen molar-refractivity contribution < 1.29 is 22.0 Å². The molecule has 0 unspecified atom stereocenters.